The van der Waals surface area contributed by atoms with E-state index < -0.39 is 77.4 Å². The molecule has 10 atom stereocenters. The molecule has 3 saturated carbocycles. The largest absolute Gasteiger partial charge is 0.508 e. The molecule has 4 N–H and O–H groups in total. The predicted molar refractivity (Wildman–Crippen MR) is 169 cm³/mol. The molecule has 0 aromatic heterocycles. The van der Waals surface area contributed by atoms with Crippen LogP contribution in [0.2, 0.25) is 0 Å². The minimum atomic E-state index is -2.25. The number of carbonyl (C=O) groups is 2. The molecule has 4 aliphatic carbocycles. The molecule has 0 spiro atoms. The third-order valence-electron chi connectivity index (χ3n) is 12.3. The molecule has 1 saturated heterocycles. The maximum absolute atomic E-state index is 17.8. The number of hydrogen-bond donors (Lipinski definition) is 4. The number of halogens is 2. The number of allylic oxidation sites excluding steroid dienone is 4. The zero-order valence-electron chi connectivity index (χ0n) is 26.7. The second-order valence-electron chi connectivity index (χ2n) is 14.4. The Morgan fingerprint density at radius 2 is 1.85 bits per heavy atom. The van der Waals surface area contributed by atoms with E-state index in [9.17, 15) is 29.3 Å². The first-order valence-corrected chi connectivity index (χ1v) is 16.3. The molecule has 10 heteroatoms. The molecule has 2 aromatic carbocycles. The summed E-state index contributed by atoms with van der Waals surface area (Å²) in [5, 5.41) is 36.1. The SMILES string of the molecule is CNc1ccc(Cc2ccc([C@@H]3O[C@@H]4CC5[C@@H]6C[C@H](CF)C7=CC(=O)C=C[C@]7(C)[C@@]6(F)[C@@H](O)C[C@]5(C)[C@]4(C(=O)CO)O3)cc2O)cc1. The Morgan fingerprint density at radius 1 is 1.11 bits per heavy atom. The molecule has 8 nitrogen and oxygen atoms in total. The minimum absolute atomic E-state index is 0.0296. The van der Waals surface area contributed by atoms with Gasteiger partial charge in [0.05, 0.1) is 18.9 Å². The van der Waals surface area contributed by atoms with Gasteiger partial charge < -0.3 is 30.1 Å². The number of anilines is 1. The maximum atomic E-state index is 17.8. The van der Waals surface area contributed by atoms with Gasteiger partial charge in [-0.2, -0.15) is 0 Å². The lowest BCUT2D eigenvalue weighted by molar-refractivity contribution is -0.235. The van der Waals surface area contributed by atoms with Crippen LogP contribution in [0.1, 0.15) is 56.1 Å². The van der Waals surface area contributed by atoms with Gasteiger partial charge in [-0.3, -0.25) is 14.0 Å². The second-order valence-corrected chi connectivity index (χ2v) is 14.4. The maximum Gasteiger partial charge on any atom is 0.193 e. The molecule has 0 bridgehead atoms. The minimum Gasteiger partial charge on any atom is -0.508 e. The monoisotopic (exact) mass is 649 g/mol. The number of rotatable bonds is 7. The van der Waals surface area contributed by atoms with E-state index in [1.165, 1.54) is 18.2 Å². The fourth-order valence-corrected chi connectivity index (χ4v) is 9.96. The van der Waals surface area contributed by atoms with Crippen molar-refractivity contribution in [2.75, 3.05) is 25.6 Å². The van der Waals surface area contributed by atoms with E-state index in [1.54, 1.807) is 32.0 Å². The van der Waals surface area contributed by atoms with Crippen molar-refractivity contribution in [3.05, 3.63) is 83.0 Å². The van der Waals surface area contributed by atoms with Gasteiger partial charge in [0, 0.05) is 47.4 Å². The number of ether oxygens (including phenoxy) is 2. The summed E-state index contributed by atoms with van der Waals surface area (Å²) in [7, 11) is 1.84. The Labute approximate surface area is 272 Å². The average molecular weight is 650 g/mol. The van der Waals surface area contributed by atoms with Gasteiger partial charge in [-0.05, 0) is 79.2 Å². The summed E-state index contributed by atoms with van der Waals surface area (Å²) in [4.78, 5) is 26.1. The van der Waals surface area contributed by atoms with Gasteiger partial charge in [-0.1, -0.05) is 37.3 Å². The Bertz CT molecular complexity index is 1680. The van der Waals surface area contributed by atoms with E-state index in [2.05, 4.69) is 5.32 Å². The highest BCUT2D eigenvalue weighted by atomic mass is 19.1. The summed E-state index contributed by atoms with van der Waals surface area (Å²) in [5.41, 5.74) is -3.08. The van der Waals surface area contributed by atoms with Crippen LogP contribution in [0.3, 0.4) is 0 Å². The van der Waals surface area contributed by atoms with Gasteiger partial charge in [0.25, 0.3) is 0 Å². The highest BCUT2D eigenvalue weighted by Crippen LogP contribution is 2.73. The van der Waals surface area contributed by atoms with E-state index in [-0.39, 0.29) is 30.8 Å². The van der Waals surface area contributed by atoms with Crippen molar-refractivity contribution in [1.82, 2.24) is 0 Å². The summed E-state index contributed by atoms with van der Waals surface area (Å²) in [6.45, 7) is 1.74. The van der Waals surface area contributed by atoms with Crippen molar-refractivity contribution in [3.8, 4) is 5.75 Å². The first kappa shape index (κ1) is 32.1. The molecule has 1 unspecified atom stereocenters. The number of aromatic hydroxyl groups is 1. The van der Waals surface area contributed by atoms with Crippen LogP contribution in [0.25, 0.3) is 0 Å². The number of nitrogens with one attached hydrogen (secondary N) is 1. The first-order chi connectivity index (χ1) is 22.4. The third-order valence-corrected chi connectivity index (χ3v) is 12.3. The fourth-order valence-electron chi connectivity index (χ4n) is 9.96. The number of carbonyl (C=O) groups excluding carboxylic acids is 2. The van der Waals surface area contributed by atoms with Crippen LogP contribution < -0.4 is 5.32 Å². The number of hydrogen-bond acceptors (Lipinski definition) is 8. The van der Waals surface area contributed by atoms with Crippen molar-refractivity contribution in [3.63, 3.8) is 0 Å². The van der Waals surface area contributed by atoms with Crippen LogP contribution in [0.5, 0.6) is 5.75 Å². The number of fused-ring (bicyclic) bond motifs is 7. The number of Topliss-reactive ketones (excluding diaryl/α,β-unsaturated/α-hetero) is 1. The fraction of sp³-hybridized carbons (Fsp3) is 0.514. The summed E-state index contributed by atoms with van der Waals surface area (Å²) in [6, 6.07) is 12.9. The molecule has 4 fully saturated rings. The standard InChI is InChI=1S/C37H41F2NO7/c1-34-11-10-25(42)15-26(34)23(18-38)13-28-27-16-32-37(31(45)19-41,35(27,2)17-30(44)36(28,34)39)47-33(46-32)22-7-6-21(29(43)14-22)12-20-4-8-24(40-3)9-5-20/h4-11,14-15,23,27-28,30,32-33,40-41,43-44H,12-13,16-19H2,1-3H3/t23-,27?,28+,30+,32-,33-,34+,35+,36+,37-/m1/s1. The third kappa shape index (κ3) is 4.30. The highest BCUT2D eigenvalue weighted by molar-refractivity contribution is 6.01. The number of aliphatic hydroxyl groups excluding tert-OH is 2. The Kier molecular flexibility index (Phi) is 7.55. The van der Waals surface area contributed by atoms with Crippen molar-refractivity contribution in [2.24, 2.45) is 28.6 Å². The van der Waals surface area contributed by atoms with Gasteiger partial charge in [0.15, 0.2) is 29.1 Å². The van der Waals surface area contributed by atoms with Crippen molar-refractivity contribution in [2.45, 2.75) is 69.3 Å². The van der Waals surface area contributed by atoms with E-state index >= 15 is 4.39 Å². The van der Waals surface area contributed by atoms with Crippen LogP contribution in [0.4, 0.5) is 14.5 Å². The second kappa shape index (κ2) is 11.1. The molecule has 0 amide bonds. The van der Waals surface area contributed by atoms with Crippen molar-refractivity contribution < 1.29 is 43.2 Å². The molecule has 1 heterocycles. The van der Waals surface area contributed by atoms with Crippen molar-refractivity contribution in [1.29, 1.82) is 0 Å². The van der Waals surface area contributed by atoms with Gasteiger partial charge in [0.2, 0.25) is 0 Å². The predicted octanol–water partition coefficient (Wildman–Crippen LogP) is 4.92. The number of phenolic OH excluding ortho intramolecular Hbond substituents is 1. The lowest BCUT2D eigenvalue weighted by atomic mass is 9.43. The van der Waals surface area contributed by atoms with Gasteiger partial charge in [-0.25, -0.2) is 4.39 Å². The molecule has 7 rings (SSSR count). The number of ketones is 2. The number of phenols is 1. The summed E-state index contributed by atoms with van der Waals surface area (Å²) < 4.78 is 45.3. The van der Waals surface area contributed by atoms with E-state index in [0.717, 1.165) is 11.3 Å². The Hall–Kier alpha value is -3.44. The number of alkyl halides is 2. The molecule has 1 aliphatic heterocycles. The first-order valence-electron chi connectivity index (χ1n) is 16.3. The summed E-state index contributed by atoms with van der Waals surface area (Å²) in [5.74, 6) is -3.14. The van der Waals surface area contributed by atoms with Gasteiger partial charge in [-0.15, -0.1) is 0 Å². The molecule has 5 aliphatic rings. The van der Waals surface area contributed by atoms with E-state index in [4.69, 9.17) is 9.47 Å². The van der Waals surface area contributed by atoms with Crippen LogP contribution in [-0.4, -0.2) is 70.7 Å². The zero-order valence-corrected chi connectivity index (χ0v) is 26.7. The molecule has 47 heavy (non-hydrogen) atoms. The normalized spacial score (nSPS) is 40.2. The number of benzene rings is 2. The van der Waals surface area contributed by atoms with Gasteiger partial charge in [0.1, 0.15) is 12.4 Å². The lowest BCUT2D eigenvalue weighted by Crippen LogP contribution is -2.70. The molecule has 2 aromatic rings. The highest BCUT2D eigenvalue weighted by Gasteiger charge is 2.79. The van der Waals surface area contributed by atoms with Crippen LogP contribution >= 0.6 is 0 Å². The Balaban J connectivity index is 1.21. The zero-order chi connectivity index (χ0) is 33.5. The Morgan fingerprint density at radius 3 is 2.51 bits per heavy atom. The molecule has 0 radical (unpaired) electrons. The smallest absolute Gasteiger partial charge is 0.193 e. The van der Waals surface area contributed by atoms with E-state index in [1.807, 2.05) is 31.3 Å². The summed E-state index contributed by atoms with van der Waals surface area (Å²) in [6.07, 6.45) is 1.04. The van der Waals surface area contributed by atoms with Crippen LogP contribution in [0.15, 0.2) is 66.3 Å². The van der Waals surface area contributed by atoms with Gasteiger partial charge >= 0.3 is 0 Å². The van der Waals surface area contributed by atoms with Crippen LogP contribution in [0, 0.1) is 28.6 Å². The van der Waals surface area contributed by atoms with Crippen molar-refractivity contribution >= 4 is 17.3 Å². The quantitative estimate of drug-likeness (QED) is 0.334. The lowest BCUT2D eigenvalue weighted by Gasteiger charge is -2.63. The topological polar surface area (TPSA) is 125 Å². The molecular weight excluding hydrogens is 608 g/mol. The van der Waals surface area contributed by atoms with E-state index in [0.29, 0.717) is 23.1 Å². The number of aliphatic hydroxyl groups is 2. The molecule has 250 valence electrons. The van der Waals surface area contributed by atoms with Crippen LogP contribution in [-0.2, 0) is 25.5 Å². The molecular formula is C37H41F2NO7. The summed E-state index contributed by atoms with van der Waals surface area (Å²) >= 11 is 0. The average Bonchev–Trinajstić information content (AvgIpc) is 3.56.